The van der Waals surface area contributed by atoms with Crippen LogP contribution >= 0.6 is 0 Å². The van der Waals surface area contributed by atoms with E-state index in [2.05, 4.69) is 23.7 Å². The van der Waals surface area contributed by atoms with Crippen LogP contribution in [0.3, 0.4) is 0 Å². The van der Waals surface area contributed by atoms with E-state index in [9.17, 15) is 0 Å². The summed E-state index contributed by atoms with van der Waals surface area (Å²) in [6.45, 7) is 0. The van der Waals surface area contributed by atoms with Crippen molar-refractivity contribution in [3.05, 3.63) is 53.9 Å². The van der Waals surface area contributed by atoms with E-state index >= 15 is 0 Å². The Hall–Kier alpha value is -1.70. The highest BCUT2D eigenvalue weighted by atomic mass is 16.6. The van der Waals surface area contributed by atoms with Gasteiger partial charge in [-0.2, -0.15) is 0 Å². The summed E-state index contributed by atoms with van der Waals surface area (Å²) in [4.78, 5) is 4.96. The molecule has 1 N–H and O–H groups in total. The first kappa shape index (κ1) is 7.92. The Morgan fingerprint density at radius 3 is 2.77 bits per heavy atom. The van der Waals surface area contributed by atoms with Gasteiger partial charge in [0.25, 0.3) is 0 Å². The average Bonchev–Trinajstić information content (AvgIpc) is 2.21. The van der Waals surface area contributed by atoms with Gasteiger partial charge in [-0.05, 0) is 17.7 Å². The van der Waals surface area contributed by atoms with Gasteiger partial charge >= 0.3 is 0 Å². The first-order chi connectivity index (χ1) is 6.45. The van der Waals surface area contributed by atoms with Crippen LogP contribution in [0.2, 0.25) is 0 Å². The summed E-state index contributed by atoms with van der Waals surface area (Å²) in [7, 11) is 0. The maximum Gasteiger partial charge on any atom is 0.115 e. The van der Waals surface area contributed by atoms with Gasteiger partial charge in [-0.15, -0.1) is 0 Å². The lowest BCUT2D eigenvalue weighted by atomic mass is 10.1. The molecule has 2 heteroatoms. The van der Waals surface area contributed by atoms with Gasteiger partial charge < -0.3 is 4.84 Å². The second kappa shape index (κ2) is 3.81. The Labute approximate surface area is 77.5 Å². The van der Waals surface area contributed by atoms with Crippen LogP contribution in [0.1, 0.15) is 12.0 Å². The van der Waals surface area contributed by atoms with E-state index in [1.165, 1.54) is 5.56 Å². The van der Waals surface area contributed by atoms with Crippen LogP contribution in [0.15, 0.2) is 48.4 Å². The molecule has 0 saturated heterocycles. The van der Waals surface area contributed by atoms with Gasteiger partial charge in [-0.3, -0.25) is 0 Å². The minimum atomic E-state index is 0.898. The fourth-order valence-electron chi connectivity index (χ4n) is 1.21. The normalized spacial score (nSPS) is 18.0. The lowest BCUT2D eigenvalue weighted by Crippen LogP contribution is -2.13. The van der Waals surface area contributed by atoms with E-state index in [0.717, 1.165) is 12.1 Å². The minimum absolute atomic E-state index is 0.898. The van der Waals surface area contributed by atoms with E-state index in [1.807, 2.05) is 24.3 Å². The minimum Gasteiger partial charge on any atom is -0.391 e. The zero-order valence-electron chi connectivity index (χ0n) is 7.23. The molecule has 1 aromatic carbocycles. The molecule has 0 unspecified atom stereocenters. The molecule has 2 rings (SSSR count). The van der Waals surface area contributed by atoms with E-state index in [1.54, 1.807) is 6.26 Å². The van der Waals surface area contributed by atoms with Crippen LogP contribution < -0.4 is 5.48 Å². The lowest BCUT2D eigenvalue weighted by Gasteiger charge is -2.11. The zero-order valence-corrected chi connectivity index (χ0v) is 7.23. The molecule has 0 spiro atoms. The number of allylic oxidation sites excluding steroid dienone is 1. The maximum absolute atomic E-state index is 4.96. The molecule has 0 fully saturated rings. The Balaban J connectivity index is 2.16. The summed E-state index contributed by atoms with van der Waals surface area (Å²) in [5.74, 6) is 0. The topological polar surface area (TPSA) is 21.3 Å². The molecule has 1 aromatic rings. The number of benzene rings is 1. The largest absolute Gasteiger partial charge is 0.391 e. The highest BCUT2D eigenvalue weighted by molar-refractivity contribution is 5.52. The molecule has 0 saturated carbocycles. The first-order valence-corrected chi connectivity index (χ1v) is 4.27. The van der Waals surface area contributed by atoms with E-state index in [-0.39, 0.29) is 0 Å². The molecular weight excluding hydrogens is 162 g/mol. The maximum atomic E-state index is 4.96. The van der Waals surface area contributed by atoms with Crippen molar-refractivity contribution in [1.29, 1.82) is 0 Å². The molecule has 0 atom stereocenters. The zero-order chi connectivity index (χ0) is 8.93. The fourth-order valence-corrected chi connectivity index (χ4v) is 1.21. The van der Waals surface area contributed by atoms with Crippen LogP contribution in [0, 0.1) is 0 Å². The molecule has 1 heterocycles. The number of hydroxylamine groups is 1. The Morgan fingerprint density at radius 2 is 2.08 bits per heavy atom. The van der Waals surface area contributed by atoms with Crippen LogP contribution in [0.25, 0.3) is 6.08 Å². The Morgan fingerprint density at radius 1 is 1.23 bits per heavy atom. The predicted octanol–water partition coefficient (Wildman–Crippen LogP) is 2.47. The molecular formula is C11H11NO. The van der Waals surface area contributed by atoms with Crippen molar-refractivity contribution in [3.8, 4) is 0 Å². The first-order valence-electron chi connectivity index (χ1n) is 4.27. The van der Waals surface area contributed by atoms with Crippen molar-refractivity contribution in [3.63, 3.8) is 0 Å². The summed E-state index contributed by atoms with van der Waals surface area (Å²) in [6, 6.07) is 10.2. The van der Waals surface area contributed by atoms with Gasteiger partial charge in [0.1, 0.15) is 6.26 Å². The molecule has 0 aliphatic carbocycles. The van der Waals surface area contributed by atoms with Gasteiger partial charge in [0, 0.05) is 6.42 Å². The Kier molecular flexibility index (Phi) is 2.32. The quantitative estimate of drug-likeness (QED) is 0.704. The van der Waals surface area contributed by atoms with Crippen molar-refractivity contribution in [2.24, 2.45) is 0 Å². The summed E-state index contributed by atoms with van der Waals surface area (Å²) in [5, 5.41) is 0. The van der Waals surface area contributed by atoms with Gasteiger partial charge in [-0.1, -0.05) is 30.3 Å². The average molecular weight is 173 g/mol. The van der Waals surface area contributed by atoms with Crippen LogP contribution in [0.5, 0.6) is 0 Å². The van der Waals surface area contributed by atoms with E-state index < -0.39 is 0 Å². The summed E-state index contributed by atoms with van der Waals surface area (Å²) >= 11 is 0. The number of nitrogens with one attached hydrogen (secondary N) is 1. The molecule has 0 amide bonds. The van der Waals surface area contributed by atoms with Gasteiger partial charge in [0.05, 0.1) is 5.70 Å². The predicted molar refractivity (Wildman–Crippen MR) is 52.4 cm³/mol. The highest BCUT2D eigenvalue weighted by Gasteiger charge is 1.98. The van der Waals surface area contributed by atoms with Crippen LogP contribution in [-0.2, 0) is 4.84 Å². The van der Waals surface area contributed by atoms with Gasteiger partial charge in [0.2, 0.25) is 0 Å². The fraction of sp³-hybridized carbons (Fsp3) is 0.0909. The van der Waals surface area contributed by atoms with Gasteiger partial charge in [0.15, 0.2) is 0 Å². The van der Waals surface area contributed by atoms with Crippen molar-refractivity contribution in [2.45, 2.75) is 6.42 Å². The summed E-state index contributed by atoms with van der Waals surface area (Å²) < 4.78 is 0. The smallest absolute Gasteiger partial charge is 0.115 e. The molecule has 66 valence electrons. The Bertz CT molecular complexity index is 327. The van der Waals surface area contributed by atoms with E-state index in [4.69, 9.17) is 4.84 Å². The van der Waals surface area contributed by atoms with Crippen LogP contribution in [0.4, 0.5) is 0 Å². The highest BCUT2D eigenvalue weighted by Crippen LogP contribution is 2.10. The molecule has 0 aromatic heterocycles. The number of rotatable bonds is 1. The van der Waals surface area contributed by atoms with Gasteiger partial charge in [-0.25, -0.2) is 5.48 Å². The molecule has 13 heavy (non-hydrogen) atoms. The molecule has 1 aliphatic rings. The molecule has 2 nitrogen and oxygen atoms in total. The second-order valence-electron chi connectivity index (χ2n) is 2.88. The summed E-state index contributed by atoms with van der Waals surface area (Å²) in [5.41, 5.74) is 5.10. The molecule has 1 aliphatic heterocycles. The van der Waals surface area contributed by atoms with Crippen molar-refractivity contribution >= 4 is 6.08 Å². The lowest BCUT2D eigenvalue weighted by molar-refractivity contribution is 0.153. The van der Waals surface area contributed by atoms with Crippen molar-refractivity contribution < 1.29 is 4.84 Å². The third-order valence-corrected chi connectivity index (χ3v) is 1.83. The third kappa shape index (κ3) is 2.12. The molecule has 0 bridgehead atoms. The van der Waals surface area contributed by atoms with E-state index in [0.29, 0.717) is 0 Å². The second-order valence-corrected chi connectivity index (χ2v) is 2.88. The van der Waals surface area contributed by atoms with Crippen molar-refractivity contribution in [2.75, 3.05) is 0 Å². The molecule has 0 radical (unpaired) electrons. The number of hydrogen-bond donors (Lipinski definition) is 1. The SMILES string of the molecule is C1=CONC(=Cc2ccccc2)C1. The standard InChI is InChI=1S/C11H11NO/c1-2-5-10(6-3-1)9-11-7-4-8-13-12-11/h1-6,8-9,12H,7H2. The van der Waals surface area contributed by atoms with Crippen LogP contribution in [-0.4, -0.2) is 0 Å². The monoisotopic (exact) mass is 173 g/mol. The summed E-state index contributed by atoms with van der Waals surface area (Å²) in [6.07, 6.45) is 6.60. The number of hydrogen-bond acceptors (Lipinski definition) is 2. The third-order valence-electron chi connectivity index (χ3n) is 1.83. The van der Waals surface area contributed by atoms with Crippen molar-refractivity contribution in [1.82, 2.24) is 5.48 Å².